The summed E-state index contributed by atoms with van der Waals surface area (Å²) in [5.74, 6) is -0.438. The maximum atomic E-state index is 13.0. The number of carbonyl (C=O) groups excluding carboxylic acids is 3. The number of aromatic nitrogens is 2. The lowest BCUT2D eigenvalue weighted by Crippen LogP contribution is -2.54. The first kappa shape index (κ1) is 17.8. The topological polar surface area (TPSA) is 104 Å². The molecule has 1 spiro atoms. The van der Waals surface area contributed by atoms with Gasteiger partial charge in [0.1, 0.15) is 17.1 Å². The van der Waals surface area contributed by atoms with E-state index in [2.05, 4.69) is 41.6 Å². The first-order valence-corrected chi connectivity index (χ1v) is 9.16. The zero-order valence-electron chi connectivity index (χ0n) is 14.9. The second-order valence-corrected chi connectivity index (χ2v) is 9.11. The molecule has 1 aliphatic carbocycles. The number of imide groups is 1. The van der Waals surface area contributed by atoms with Crippen molar-refractivity contribution in [2.24, 2.45) is 11.3 Å². The number of rotatable bonds is 3. The average Bonchev–Trinajstić information content (AvgIpc) is 2.94. The molecule has 2 aliphatic rings. The van der Waals surface area contributed by atoms with Crippen LogP contribution in [0.25, 0.3) is 0 Å². The van der Waals surface area contributed by atoms with Crippen molar-refractivity contribution in [3.8, 4) is 0 Å². The van der Waals surface area contributed by atoms with E-state index in [-0.39, 0.29) is 17.9 Å². The van der Waals surface area contributed by atoms with Gasteiger partial charge in [0.2, 0.25) is 11.0 Å². The van der Waals surface area contributed by atoms with Gasteiger partial charge in [0.05, 0.1) is 0 Å². The second kappa shape index (κ2) is 6.05. The molecule has 0 aromatic carbocycles. The Morgan fingerprint density at radius 3 is 2.68 bits per heavy atom. The Balaban J connectivity index is 1.72. The van der Waals surface area contributed by atoms with E-state index in [4.69, 9.17) is 0 Å². The Morgan fingerprint density at radius 2 is 2.08 bits per heavy atom. The first-order valence-electron chi connectivity index (χ1n) is 8.34. The van der Waals surface area contributed by atoms with Crippen molar-refractivity contribution in [1.29, 1.82) is 0 Å². The third-order valence-corrected chi connectivity index (χ3v) is 5.45. The van der Waals surface area contributed by atoms with Crippen molar-refractivity contribution >= 4 is 34.3 Å². The van der Waals surface area contributed by atoms with E-state index in [0.717, 1.165) is 16.3 Å². The highest BCUT2D eigenvalue weighted by Crippen LogP contribution is 2.46. The monoisotopic (exact) mass is 365 g/mol. The van der Waals surface area contributed by atoms with Crippen molar-refractivity contribution in [3.63, 3.8) is 0 Å². The molecule has 3 rings (SSSR count). The Kier molecular flexibility index (Phi) is 4.30. The number of urea groups is 1. The molecule has 1 saturated heterocycles. The highest BCUT2D eigenvalue weighted by atomic mass is 32.1. The van der Waals surface area contributed by atoms with E-state index in [0.29, 0.717) is 23.9 Å². The van der Waals surface area contributed by atoms with Gasteiger partial charge in [-0.2, -0.15) is 0 Å². The summed E-state index contributed by atoms with van der Waals surface area (Å²) in [5, 5.41) is 14.2. The van der Waals surface area contributed by atoms with Gasteiger partial charge in [-0.3, -0.25) is 19.8 Å². The van der Waals surface area contributed by atoms with Crippen LogP contribution in [0.5, 0.6) is 0 Å². The fourth-order valence-electron chi connectivity index (χ4n) is 4.30. The van der Waals surface area contributed by atoms with E-state index in [9.17, 15) is 14.4 Å². The van der Waals surface area contributed by atoms with Crippen LogP contribution in [-0.2, 0) is 9.59 Å². The number of hydrogen-bond acceptors (Lipinski definition) is 6. The molecule has 2 heterocycles. The third-order valence-electron chi connectivity index (χ3n) is 4.70. The zero-order chi connectivity index (χ0) is 18.4. The average molecular weight is 365 g/mol. The summed E-state index contributed by atoms with van der Waals surface area (Å²) in [6.45, 7) is 7.77. The van der Waals surface area contributed by atoms with Gasteiger partial charge >= 0.3 is 6.03 Å². The van der Waals surface area contributed by atoms with Crippen LogP contribution in [0.1, 0.15) is 45.0 Å². The molecule has 9 heteroatoms. The van der Waals surface area contributed by atoms with Crippen LogP contribution in [0.4, 0.5) is 9.93 Å². The number of aryl methyl sites for hydroxylation is 1. The standard InChI is InChI=1S/C16H23N5O3S/c1-9-5-15(3,4)8-16(6-9)12(23)21(14(24)18-16)7-11(22)17-13-20-19-10(2)25-13/h9H,5-8H2,1-4H3,(H,18,24)(H,17,20,22)/t9-,16-/m1/s1. The van der Waals surface area contributed by atoms with Crippen molar-refractivity contribution < 1.29 is 14.4 Å². The molecule has 2 fully saturated rings. The Labute approximate surface area is 150 Å². The first-order chi connectivity index (χ1) is 11.6. The highest BCUT2D eigenvalue weighted by molar-refractivity contribution is 7.15. The molecule has 2 atom stereocenters. The summed E-state index contributed by atoms with van der Waals surface area (Å²) < 4.78 is 0. The lowest BCUT2D eigenvalue weighted by molar-refractivity contribution is -0.136. The lowest BCUT2D eigenvalue weighted by atomic mass is 9.64. The van der Waals surface area contributed by atoms with Crippen molar-refractivity contribution in [2.75, 3.05) is 11.9 Å². The van der Waals surface area contributed by atoms with Crippen molar-refractivity contribution in [1.82, 2.24) is 20.4 Å². The van der Waals surface area contributed by atoms with Gasteiger partial charge in [-0.25, -0.2) is 4.79 Å². The molecule has 0 unspecified atom stereocenters. The molecule has 4 amide bonds. The van der Waals surface area contributed by atoms with Crippen molar-refractivity contribution in [2.45, 2.75) is 52.5 Å². The van der Waals surface area contributed by atoms with Crippen molar-refractivity contribution in [3.05, 3.63) is 5.01 Å². The molecule has 1 saturated carbocycles. The molecular formula is C16H23N5O3S. The van der Waals surface area contributed by atoms with Gasteiger partial charge in [0.25, 0.3) is 5.91 Å². The molecule has 2 N–H and O–H groups in total. The third kappa shape index (κ3) is 3.51. The predicted octanol–water partition coefficient (Wildman–Crippen LogP) is 1.92. The van der Waals surface area contributed by atoms with Crippen LogP contribution in [0.3, 0.4) is 0 Å². The molecule has 136 valence electrons. The number of amides is 4. The minimum Gasteiger partial charge on any atom is -0.323 e. The van der Waals surface area contributed by atoms with Gasteiger partial charge in [-0.05, 0) is 37.5 Å². The number of anilines is 1. The van der Waals surface area contributed by atoms with Crippen LogP contribution in [0.15, 0.2) is 0 Å². The lowest BCUT2D eigenvalue weighted by Gasteiger charge is -2.43. The van der Waals surface area contributed by atoms with Gasteiger partial charge in [-0.15, -0.1) is 10.2 Å². The van der Waals surface area contributed by atoms with Gasteiger partial charge < -0.3 is 5.32 Å². The minimum atomic E-state index is -0.891. The number of nitrogens with one attached hydrogen (secondary N) is 2. The molecule has 1 aliphatic heterocycles. The van der Waals surface area contributed by atoms with E-state index in [1.165, 1.54) is 11.3 Å². The van der Waals surface area contributed by atoms with E-state index < -0.39 is 17.5 Å². The molecule has 1 aromatic rings. The van der Waals surface area contributed by atoms with E-state index >= 15 is 0 Å². The van der Waals surface area contributed by atoms with E-state index in [1.807, 2.05) is 0 Å². The summed E-state index contributed by atoms with van der Waals surface area (Å²) in [6, 6.07) is -0.501. The number of carbonyl (C=O) groups is 3. The van der Waals surface area contributed by atoms with Crippen LogP contribution in [-0.4, -0.2) is 45.0 Å². The maximum Gasteiger partial charge on any atom is 0.325 e. The highest BCUT2D eigenvalue weighted by Gasteiger charge is 2.56. The summed E-state index contributed by atoms with van der Waals surface area (Å²) in [7, 11) is 0. The Morgan fingerprint density at radius 1 is 1.36 bits per heavy atom. The summed E-state index contributed by atoms with van der Waals surface area (Å²) >= 11 is 1.24. The fourth-order valence-corrected chi connectivity index (χ4v) is 4.91. The molecule has 0 bridgehead atoms. The quantitative estimate of drug-likeness (QED) is 0.797. The Bertz CT molecular complexity index is 731. The molecule has 1 aromatic heterocycles. The fraction of sp³-hybridized carbons (Fsp3) is 0.688. The van der Waals surface area contributed by atoms with Gasteiger partial charge in [-0.1, -0.05) is 32.1 Å². The summed E-state index contributed by atoms with van der Waals surface area (Å²) in [4.78, 5) is 38.5. The minimum absolute atomic E-state index is 0.0387. The van der Waals surface area contributed by atoms with Crippen LogP contribution in [0, 0.1) is 18.3 Å². The second-order valence-electron chi connectivity index (χ2n) is 7.93. The van der Waals surface area contributed by atoms with Crippen LogP contribution < -0.4 is 10.6 Å². The SMILES string of the molecule is Cc1nnc(NC(=O)CN2C(=O)N[C@@]3(C[C@H](C)CC(C)(C)C3)C2=O)s1. The van der Waals surface area contributed by atoms with Crippen LogP contribution in [0.2, 0.25) is 0 Å². The molecule has 8 nitrogen and oxygen atoms in total. The Hall–Kier alpha value is -2.03. The van der Waals surface area contributed by atoms with Gasteiger partial charge in [0, 0.05) is 0 Å². The number of nitrogens with zero attached hydrogens (tertiary/aromatic N) is 3. The van der Waals surface area contributed by atoms with E-state index in [1.54, 1.807) is 6.92 Å². The van der Waals surface area contributed by atoms with Crippen LogP contribution >= 0.6 is 11.3 Å². The zero-order valence-corrected chi connectivity index (χ0v) is 15.7. The summed E-state index contributed by atoms with van der Waals surface area (Å²) in [6.07, 6.45) is 2.20. The number of hydrogen-bond donors (Lipinski definition) is 2. The maximum absolute atomic E-state index is 13.0. The molecule has 25 heavy (non-hydrogen) atoms. The van der Waals surface area contributed by atoms with Gasteiger partial charge in [0.15, 0.2) is 0 Å². The summed E-state index contributed by atoms with van der Waals surface area (Å²) in [5.41, 5.74) is -0.930. The smallest absolute Gasteiger partial charge is 0.323 e. The molecule has 0 radical (unpaired) electrons. The normalized spacial score (nSPS) is 28.3. The molecular weight excluding hydrogens is 342 g/mol. The largest absolute Gasteiger partial charge is 0.325 e. The predicted molar refractivity (Wildman–Crippen MR) is 93.0 cm³/mol.